The molecular weight excluding hydrogens is 336 g/mol. The van der Waals surface area contributed by atoms with Crippen molar-refractivity contribution in [1.82, 2.24) is 14.7 Å². The second-order valence-electron chi connectivity index (χ2n) is 8.98. The van der Waals surface area contributed by atoms with Crippen molar-refractivity contribution in [3.63, 3.8) is 0 Å². The van der Waals surface area contributed by atoms with Crippen molar-refractivity contribution < 1.29 is 4.79 Å². The Hall–Kier alpha value is -2.14. The number of nitrogens with zero attached hydrogens (tertiary/aromatic N) is 3. The van der Waals surface area contributed by atoms with E-state index in [0.29, 0.717) is 12.5 Å². The number of piperidine rings is 1. The zero-order chi connectivity index (χ0) is 19.0. The summed E-state index contributed by atoms with van der Waals surface area (Å²) in [6.07, 6.45) is 6.40. The molecule has 1 aromatic carbocycles. The van der Waals surface area contributed by atoms with E-state index in [1.54, 1.807) is 0 Å². The van der Waals surface area contributed by atoms with Gasteiger partial charge in [0, 0.05) is 31.1 Å². The molecule has 2 heterocycles. The lowest BCUT2D eigenvalue weighted by Crippen LogP contribution is -2.35. The summed E-state index contributed by atoms with van der Waals surface area (Å²) in [6, 6.07) is 10.8. The summed E-state index contributed by atoms with van der Waals surface area (Å²) in [5.74, 6) is 1.73. The summed E-state index contributed by atoms with van der Waals surface area (Å²) in [5, 5.41) is 7.74. The molecule has 144 valence electrons. The van der Waals surface area contributed by atoms with Crippen molar-refractivity contribution in [2.24, 2.45) is 5.92 Å². The van der Waals surface area contributed by atoms with Crippen LogP contribution in [-0.4, -0.2) is 39.7 Å². The molecular formula is C22H30N4O. The van der Waals surface area contributed by atoms with E-state index < -0.39 is 0 Å². The minimum atomic E-state index is -0.205. The number of anilines is 1. The monoisotopic (exact) mass is 366 g/mol. The van der Waals surface area contributed by atoms with Gasteiger partial charge in [-0.3, -0.25) is 9.69 Å². The summed E-state index contributed by atoms with van der Waals surface area (Å²) in [5.41, 5.74) is 1.84. The zero-order valence-electron chi connectivity index (χ0n) is 16.6. The van der Waals surface area contributed by atoms with Crippen molar-refractivity contribution in [2.45, 2.75) is 58.0 Å². The van der Waals surface area contributed by atoms with E-state index in [9.17, 15) is 4.79 Å². The molecule has 4 rings (SSSR count). The van der Waals surface area contributed by atoms with Gasteiger partial charge in [-0.25, -0.2) is 4.68 Å². The third-order valence-electron chi connectivity index (χ3n) is 5.90. The van der Waals surface area contributed by atoms with Gasteiger partial charge >= 0.3 is 0 Å². The molecule has 1 aliphatic carbocycles. The van der Waals surface area contributed by atoms with Crippen LogP contribution < -0.4 is 5.32 Å². The molecule has 5 heteroatoms. The van der Waals surface area contributed by atoms with Crippen LogP contribution in [0.5, 0.6) is 0 Å². The van der Waals surface area contributed by atoms with Gasteiger partial charge in [0.2, 0.25) is 5.91 Å². The van der Waals surface area contributed by atoms with Crippen LogP contribution in [0.3, 0.4) is 0 Å². The quantitative estimate of drug-likeness (QED) is 0.866. The SMILES string of the molecule is CC(C)(C)n1ncc(-c2ccccc2)c1NC(=O)CCN1C[C@@H]2CC[C@H]1C2. The molecule has 1 saturated carbocycles. The number of carbonyl (C=O) groups is 1. The molecule has 1 N–H and O–H groups in total. The Kier molecular flexibility index (Phi) is 4.81. The molecule has 2 aromatic rings. The molecule has 5 nitrogen and oxygen atoms in total. The molecule has 2 bridgehead atoms. The highest BCUT2D eigenvalue weighted by Gasteiger charge is 2.37. The van der Waals surface area contributed by atoms with Crippen molar-refractivity contribution >= 4 is 11.7 Å². The molecule has 0 radical (unpaired) electrons. The molecule has 1 aliphatic heterocycles. The van der Waals surface area contributed by atoms with Crippen LogP contribution in [0.15, 0.2) is 36.5 Å². The lowest BCUT2D eigenvalue weighted by Gasteiger charge is -2.26. The molecule has 2 fully saturated rings. The van der Waals surface area contributed by atoms with E-state index in [0.717, 1.165) is 29.4 Å². The minimum Gasteiger partial charge on any atom is -0.310 e. The van der Waals surface area contributed by atoms with Crippen molar-refractivity contribution in [1.29, 1.82) is 0 Å². The van der Waals surface area contributed by atoms with Crippen molar-refractivity contribution in [3.8, 4) is 11.1 Å². The smallest absolute Gasteiger partial charge is 0.226 e. The number of hydrogen-bond acceptors (Lipinski definition) is 3. The maximum atomic E-state index is 12.8. The topological polar surface area (TPSA) is 50.2 Å². The number of nitrogens with one attached hydrogen (secondary N) is 1. The van der Waals surface area contributed by atoms with Crippen LogP contribution in [-0.2, 0) is 10.3 Å². The van der Waals surface area contributed by atoms with E-state index >= 15 is 0 Å². The van der Waals surface area contributed by atoms with E-state index in [-0.39, 0.29) is 11.4 Å². The number of amides is 1. The normalized spacial score (nSPS) is 22.3. The van der Waals surface area contributed by atoms with E-state index in [1.165, 1.54) is 25.8 Å². The highest BCUT2D eigenvalue weighted by molar-refractivity contribution is 5.94. The fraction of sp³-hybridized carbons (Fsp3) is 0.545. The van der Waals surface area contributed by atoms with Crippen molar-refractivity contribution in [3.05, 3.63) is 36.5 Å². The largest absolute Gasteiger partial charge is 0.310 e. The number of aromatic nitrogens is 2. The molecule has 2 aliphatic rings. The van der Waals surface area contributed by atoms with E-state index in [2.05, 4.69) is 48.2 Å². The lowest BCUT2D eigenvalue weighted by atomic mass is 10.1. The van der Waals surface area contributed by atoms with Crippen LogP contribution >= 0.6 is 0 Å². The standard InChI is InChI=1S/C22H30N4O/c1-22(2,3)26-21(19(14-23-26)17-7-5-4-6-8-17)24-20(27)11-12-25-15-16-9-10-18(25)13-16/h4-8,14,16,18H,9-13,15H2,1-3H3,(H,24,27)/t16-,18+/m1/s1. The molecule has 27 heavy (non-hydrogen) atoms. The second kappa shape index (κ2) is 7.12. The fourth-order valence-electron chi connectivity index (χ4n) is 4.55. The highest BCUT2D eigenvalue weighted by atomic mass is 16.1. The number of carbonyl (C=O) groups excluding carboxylic acids is 1. The molecule has 1 saturated heterocycles. The first-order valence-corrected chi connectivity index (χ1v) is 10.1. The first-order valence-electron chi connectivity index (χ1n) is 10.1. The highest BCUT2D eigenvalue weighted by Crippen LogP contribution is 2.37. The number of likely N-dealkylation sites (tertiary alicyclic amines) is 1. The third-order valence-corrected chi connectivity index (χ3v) is 5.90. The lowest BCUT2D eigenvalue weighted by molar-refractivity contribution is -0.116. The number of benzene rings is 1. The van der Waals surface area contributed by atoms with Gasteiger partial charge < -0.3 is 5.32 Å². The van der Waals surface area contributed by atoms with Gasteiger partial charge in [0.05, 0.1) is 11.7 Å². The summed E-state index contributed by atoms with van der Waals surface area (Å²) in [6.45, 7) is 8.34. The van der Waals surface area contributed by atoms with Crippen LogP contribution in [0, 0.1) is 5.92 Å². The Bertz CT molecular complexity index is 805. The fourth-order valence-corrected chi connectivity index (χ4v) is 4.55. The second-order valence-corrected chi connectivity index (χ2v) is 8.98. The maximum Gasteiger partial charge on any atom is 0.226 e. The Morgan fingerprint density at radius 1 is 1.22 bits per heavy atom. The first kappa shape index (κ1) is 18.2. The van der Waals surface area contributed by atoms with Gasteiger partial charge in [-0.2, -0.15) is 5.10 Å². The van der Waals surface area contributed by atoms with Gasteiger partial charge in [-0.15, -0.1) is 0 Å². The van der Waals surface area contributed by atoms with Crippen LogP contribution in [0.4, 0.5) is 5.82 Å². The van der Waals surface area contributed by atoms with E-state index in [4.69, 9.17) is 0 Å². The molecule has 2 atom stereocenters. The molecule has 1 amide bonds. The van der Waals surface area contributed by atoms with Crippen molar-refractivity contribution in [2.75, 3.05) is 18.4 Å². The predicted octanol–water partition coefficient (Wildman–Crippen LogP) is 4.12. The predicted molar refractivity (Wildman–Crippen MR) is 109 cm³/mol. The van der Waals surface area contributed by atoms with E-state index in [1.807, 2.05) is 29.1 Å². The molecule has 0 spiro atoms. The average Bonchev–Trinajstić information content (AvgIpc) is 3.35. The van der Waals surface area contributed by atoms with Gasteiger partial charge in [-0.05, 0) is 51.5 Å². The van der Waals surface area contributed by atoms with Gasteiger partial charge in [-0.1, -0.05) is 30.3 Å². The number of rotatable bonds is 5. The Morgan fingerprint density at radius 3 is 2.63 bits per heavy atom. The summed E-state index contributed by atoms with van der Waals surface area (Å²) in [4.78, 5) is 15.3. The Labute approximate surface area is 161 Å². The van der Waals surface area contributed by atoms with Gasteiger partial charge in [0.1, 0.15) is 5.82 Å². The Balaban J connectivity index is 1.49. The van der Waals surface area contributed by atoms with Gasteiger partial charge in [0.25, 0.3) is 0 Å². The van der Waals surface area contributed by atoms with Crippen LogP contribution in [0.25, 0.3) is 11.1 Å². The number of hydrogen-bond donors (Lipinski definition) is 1. The van der Waals surface area contributed by atoms with Crippen LogP contribution in [0.2, 0.25) is 0 Å². The zero-order valence-corrected chi connectivity index (χ0v) is 16.6. The van der Waals surface area contributed by atoms with Gasteiger partial charge in [0.15, 0.2) is 0 Å². The Morgan fingerprint density at radius 2 is 2.00 bits per heavy atom. The average molecular weight is 367 g/mol. The minimum absolute atomic E-state index is 0.0703. The third kappa shape index (κ3) is 3.79. The summed E-state index contributed by atoms with van der Waals surface area (Å²) >= 11 is 0. The summed E-state index contributed by atoms with van der Waals surface area (Å²) < 4.78 is 1.92. The van der Waals surface area contributed by atoms with Crippen LogP contribution in [0.1, 0.15) is 46.5 Å². The number of fused-ring (bicyclic) bond motifs is 2. The summed E-state index contributed by atoms with van der Waals surface area (Å²) in [7, 11) is 0. The maximum absolute atomic E-state index is 12.8. The molecule has 0 unspecified atom stereocenters. The first-order chi connectivity index (χ1) is 12.9. The molecule has 1 aromatic heterocycles.